The lowest BCUT2D eigenvalue weighted by Gasteiger charge is -2.15. The first-order valence-corrected chi connectivity index (χ1v) is 13.2. The lowest BCUT2D eigenvalue weighted by atomic mass is 10.0. The maximum absolute atomic E-state index is 9.33. The first-order chi connectivity index (χ1) is 14.1. The van der Waals surface area contributed by atoms with E-state index in [1.165, 1.54) is 116 Å². The predicted octanol–water partition coefficient (Wildman–Crippen LogP) is 9.10. The molecule has 0 aliphatic rings. The van der Waals surface area contributed by atoms with Crippen molar-refractivity contribution in [2.24, 2.45) is 11.8 Å². The molecule has 0 atom stereocenters. The smallest absolute Gasteiger partial charge is 0.179 e. The van der Waals surface area contributed by atoms with Gasteiger partial charge < -0.3 is 4.90 Å². The Labute approximate surface area is 184 Å². The SMILES string of the molecule is CC(C)CCCCCCCCCCN(C#N)CCCCCCCCCCC(C)C. The van der Waals surface area contributed by atoms with E-state index in [1.807, 2.05) is 4.90 Å². The molecule has 0 aromatic rings. The van der Waals surface area contributed by atoms with Crippen LogP contribution < -0.4 is 0 Å². The Morgan fingerprint density at radius 1 is 0.483 bits per heavy atom. The summed E-state index contributed by atoms with van der Waals surface area (Å²) in [4.78, 5) is 2.00. The Morgan fingerprint density at radius 3 is 1.03 bits per heavy atom. The minimum Gasteiger partial charge on any atom is -0.311 e. The second kappa shape index (κ2) is 22.0. The van der Waals surface area contributed by atoms with Gasteiger partial charge in [0, 0.05) is 13.1 Å². The van der Waals surface area contributed by atoms with Crippen molar-refractivity contribution < 1.29 is 0 Å². The molecule has 0 aromatic carbocycles. The second-order valence-electron chi connectivity index (χ2n) is 10.1. The zero-order chi connectivity index (χ0) is 21.6. The van der Waals surface area contributed by atoms with Crippen molar-refractivity contribution in [3.63, 3.8) is 0 Å². The Hall–Kier alpha value is -0.710. The highest BCUT2D eigenvalue weighted by atomic mass is 15.1. The van der Waals surface area contributed by atoms with Gasteiger partial charge in [0.25, 0.3) is 0 Å². The Kier molecular flexibility index (Phi) is 21.4. The Morgan fingerprint density at radius 2 is 0.759 bits per heavy atom. The van der Waals surface area contributed by atoms with Crippen LogP contribution in [0.25, 0.3) is 0 Å². The molecule has 0 bridgehead atoms. The largest absolute Gasteiger partial charge is 0.311 e. The lowest BCUT2D eigenvalue weighted by Crippen LogP contribution is -2.20. The number of rotatable bonds is 22. The molecule has 0 heterocycles. The van der Waals surface area contributed by atoms with Gasteiger partial charge in [-0.05, 0) is 24.7 Å². The van der Waals surface area contributed by atoms with Crippen molar-refractivity contribution in [2.45, 2.75) is 143 Å². The zero-order valence-corrected chi connectivity index (χ0v) is 20.7. The van der Waals surface area contributed by atoms with Crippen LogP contribution in [0.2, 0.25) is 0 Å². The summed E-state index contributed by atoms with van der Waals surface area (Å²) in [6.07, 6.45) is 26.9. The van der Waals surface area contributed by atoms with E-state index in [9.17, 15) is 5.26 Å². The number of unbranched alkanes of at least 4 members (excludes halogenated alkanes) is 14. The normalized spacial score (nSPS) is 11.3. The molecule has 0 N–H and O–H groups in total. The highest BCUT2D eigenvalue weighted by molar-refractivity contribution is 4.73. The van der Waals surface area contributed by atoms with Crippen molar-refractivity contribution in [1.29, 1.82) is 5.26 Å². The predicted molar refractivity (Wildman–Crippen MR) is 130 cm³/mol. The molecule has 0 fully saturated rings. The van der Waals surface area contributed by atoms with Crippen LogP contribution in [-0.2, 0) is 0 Å². The van der Waals surface area contributed by atoms with Gasteiger partial charge in [0.2, 0.25) is 0 Å². The first-order valence-electron chi connectivity index (χ1n) is 13.2. The molecular weight excluding hydrogens is 352 g/mol. The Balaban J connectivity index is 3.32. The minimum atomic E-state index is 0.863. The van der Waals surface area contributed by atoms with Crippen LogP contribution in [-0.4, -0.2) is 18.0 Å². The van der Waals surface area contributed by atoms with E-state index in [2.05, 4.69) is 33.9 Å². The molecule has 0 amide bonds. The molecule has 172 valence electrons. The van der Waals surface area contributed by atoms with Gasteiger partial charge in [-0.2, -0.15) is 5.26 Å². The molecule has 0 spiro atoms. The molecule has 0 rings (SSSR count). The summed E-state index contributed by atoms with van der Waals surface area (Å²) in [5.74, 6) is 1.73. The van der Waals surface area contributed by atoms with Gasteiger partial charge in [0.05, 0.1) is 0 Å². The van der Waals surface area contributed by atoms with E-state index < -0.39 is 0 Å². The molecule has 29 heavy (non-hydrogen) atoms. The van der Waals surface area contributed by atoms with Gasteiger partial charge >= 0.3 is 0 Å². The fraction of sp³-hybridized carbons (Fsp3) is 0.963. The minimum absolute atomic E-state index is 0.863. The highest BCUT2D eigenvalue weighted by Crippen LogP contribution is 2.14. The summed E-state index contributed by atoms with van der Waals surface area (Å²) in [6, 6.07) is 0. The van der Waals surface area contributed by atoms with Crippen molar-refractivity contribution >= 4 is 0 Å². The van der Waals surface area contributed by atoms with Crippen LogP contribution in [0.1, 0.15) is 143 Å². The zero-order valence-electron chi connectivity index (χ0n) is 20.7. The highest BCUT2D eigenvalue weighted by Gasteiger charge is 2.02. The van der Waals surface area contributed by atoms with Crippen molar-refractivity contribution in [2.75, 3.05) is 13.1 Å². The van der Waals surface area contributed by atoms with Gasteiger partial charge in [-0.1, -0.05) is 130 Å². The fourth-order valence-corrected chi connectivity index (χ4v) is 4.04. The number of nitrogens with zero attached hydrogens (tertiary/aromatic N) is 2. The molecule has 0 aliphatic carbocycles. The molecule has 0 aliphatic heterocycles. The van der Waals surface area contributed by atoms with Gasteiger partial charge in [-0.25, -0.2) is 0 Å². The van der Waals surface area contributed by atoms with Crippen molar-refractivity contribution in [3.05, 3.63) is 0 Å². The van der Waals surface area contributed by atoms with Crippen LogP contribution in [0.5, 0.6) is 0 Å². The Bertz CT molecular complexity index is 328. The number of hydrogen-bond donors (Lipinski definition) is 0. The average molecular weight is 407 g/mol. The molecule has 0 unspecified atom stereocenters. The van der Waals surface area contributed by atoms with E-state index in [0.29, 0.717) is 0 Å². The van der Waals surface area contributed by atoms with E-state index in [1.54, 1.807) is 0 Å². The van der Waals surface area contributed by atoms with Gasteiger partial charge in [-0.15, -0.1) is 0 Å². The van der Waals surface area contributed by atoms with E-state index >= 15 is 0 Å². The summed E-state index contributed by atoms with van der Waals surface area (Å²) in [7, 11) is 0. The van der Waals surface area contributed by atoms with Crippen LogP contribution in [0, 0.1) is 23.3 Å². The third-order valence-corrected chi connectivity index (χ3v) is 6.06. The second-order valence-corrected chi connectivity index (χ2v) is 10.1. The van der Waals surface area contributed by atoms with Gasteiger partial charge in [-0.3, -0.25) is 0 Å². The van der Waals surface area contributed by atoms with E-state index in [4.69, 9.17) is 0 Å². The molecule has 0 radical (unpaired) electrons. The fourth-order valence-electron chi connectivity index (χ4n) is 4.04. The average Bonchev–Trinajstić information content (AvgIpc) is 2.68. The monoisotopic (exact) mass is 406 g/mol. The number of nitriles is 1. The number of hydrogen-bond acceptors (Lipinski definition) is 2. The van der Waals surface area contributed by atoms with E-state index in [-0.39, 0.29) is 0 Å². The van der Waals surface area contributed by atoms with Crippen molar-refractivity contribution in [3.8, 4) is 6.19 Å². The summed E-state index contributed by atoms with van der Waals surface area (Å²) in [5.41, 5.74) is 0. The third-order valence-electron chi connectivity index (χ3n) is 6.06. The first kappa shape index (κ1) is 28.3. The third kappa shape index (κ3) is 23.4. The lowest BCUT2D eigenvalue weighted by molar-refractivity contribution is 0.362. The molecule has 2 nitrogen and oxygen atoms in total. The van der Waals surface area contributed by atoms with Crippen LogP contribution >= 0.6 is 0 Å². The standard InChI is InChI=1S/C27H54N2/c1-26(2)21-17-13-9-5-7-11-15-19-23-29(25-28)24-20-16-12-8-6-10-14-18-22-27(3)4/h26-27H,5-24H2,1-4H3. The maximum Gasteiger partial charge on any atom is 0.179 e. The van der Waals surface area contributed by atoms with Crippen LogP contribution in [0.3, 0.4) is 0 Å². The summed E-state index contributed by atoms with van der Waals surface area (Å²) in [6.45, 7) is 11.2. The van der Waals surface area contributed by atoms with Crippen LogP contribution in [0.4, 0.5) is 0 Å². The molecule has 0 aromatic heterocycles. The quantitative estimate of drug-likeness (QED) is 0.102. The summed E-state index contributed by atoms with van der Waals surface area (Å²) in [5, 5.41) is 9.33. The van der Waals surface area contributed by atoms with Crippen molar-refractivity contribution in [1.82, 2.24) is 4.90 Å². The van der Waals surface area contributed by atoms with Gasteiger partial charge in [0.15, 0.2) is 6.19 Å². The maximum atomic E-state index is 9.33. The summed E-state index contributed by atoms with van der Waals surface area (Å²) < 4.78 is 0. The molecular formula is C27H54N2. The topological polar surface area (TPSA) is 27.0 Å². The molecule has 0 saturated carbocycles. The van der Waals surface area contributed by atoms with Gasteiger partial charge in [0.1, 0.15) is 0 Å². The molecule has 0 saturated heterocycles. The van der Waals surface area contributed by atoms with E-state index in [0.717, 1.165) is 24.9 Å². The summed E-state index contributed by atoms with van der Waals surface area (Å²) >= 11 is 0. The van der Waals surface area contributed by atoms with Crippen LogP contribution in [0.15, 0.2) is 0 Å². The molecule has 2 heteroatoms.